The largest absolute Gasteiger partial charge is 0.482 e. The highest BCUT2D eigenvalue weighted by Crippen LogP contribution is 2.39. The predicted molar refractivity (Wildman–Crippen MR) is 62.0 cm³/mol. The van der Waals surface area contributed by atoms with Crippen LogP contribution >= 0.6 is 0 Å². The summed E-state index contributed by atoms with van der Waals surface area (Å²) in [6.45, 7) is 4.87. The van der Waals surface area contributed by atoms with E-state index >= 15 is 0 Å². The first-order valence-corrected chi connectivity index (χ1v) is 5.32. The van der Waals surface area contributed by atoms with E-state index in [0.717, 1.165) is 0 Å². The second kappa shape index (κ2) is 4.31. The number of fused-ring (bicyclic) bond motifs is 1. The standard InChI is InChI=1S/C13H14O4/c1-7(6-14)13-12(16)10-4-3-9(8(2)15)5-11(10)17-13/h3-5,12-14,16H,1,6H2,2H3. The van der Waals surface area contributed by atoms with Crippen molar-refractivity contribution in [1.29, 1.82) is 0 Å². The van der Waals surface area contributed by atoms with Crippen LogP contribution < -0.4 is 4.74 Å². The molecule has 2 N–H and O–H groups in total. The number of hydrogen-bond acceptors (Lipinski definition) is 4. The third kappa shape index (κ3) is 1.97. The molecular formula is C13H14O4. The number of carbonyl (C=O) groups excluding carboxylic acids is 1. The molecule has 0 radical (unpaired) electrons. The van der Waals surface area contributed by atoms with E-state index in [1.165, 1.54) is 6.92 Å². The highest BCUT2D eigenvalue weighted by molar-refractivity contribution is 5.94. The van der Waals surface area contributed by atoms with Gasteiger partial charge in [0.05, 0.1) is 6.61 Å². The third-order valence-electron chi connectivity index (χ3n) is 2.88. The van der Waals surface area contributed by atoms with E-state index in [9.17, 15) is 9.90 Å². The van der Waals surface area contributed by atoms with Gasteiger partial charge in [-0.15, -0.1) is 0 Å². The number of carbonyl (C=O) groups is 1. The fraction of sp³-hybridized carbons (Fsp3) is 0.308. The zero-order valence-corrected chi connectivity index (χ0v) is 9.51. The molecule has 1 aromatic carbocycles. The molecule has 0 bridgehead atoms. The molecule has 4 nitrogen and oxygen atoms in total. The molecule has 90 valence electrons. The molecule has 0 aromatic heterocycles. The monoisotopic (exact) mass is 234 g/mol. The summed E-state index contributed by atoms with van der Waals surface area (Å²) >= 11 is 0. The fourth-order valence-corrected chi connectivity index (χ4v) is 1.86. The maximum atomic E-state index is 11.2. The van der Waals surface area contributed by atoms with E-state index in [4.69, 9.17) is 9.84 Å². The lowest BCUT2D eigenvalue weighted by Gasteiger charge is -2.15. The Kier molecular flexibility index (Phi) is 3.00. The van der Waals surface area contributed by atoms with Crippen LogP contribution in [0.1, 0.15) is 28.9 Å². The van der Waals surface area contributed by atoms with Crippen LogP contribution in [0.25, 0.3) is 0 Å². The van der Waals surface area contributed by atoms with E-state index < -0.39 is 12.2 Å². The fourth-order valence-electron chi connectivity index (χ4n) is 1.86. The summed E-state index contributed by atoms with van der Waals surface area (Å²) < 4.78 is 5.50. The average Bonchev–Trinajstić information content (AvgIpc) is 2.65. The van der Waals surface area contributed by atoms with E-state index in [1.54, 1.807) is 18.2 Å². The minimum Gasteiger partial charge on any atom is -0.482 e. The summed E-state index contributed by atoms with van der Waals surface area (Å²) in [5.74, 6) is 0.417. The van der Waals surface area contributed by atoms with Crippen LogP contribution in [0.3, 0.4) is 0 Å². The molecule has 2 unspecified atom stereocenters. The van der Waals surface area contributed by atoms with Crippen molar-refractivity contribution in [3.05, 3.63) is 41.5 Å². The lowest BCUT2D eigenvalue weighted by atomic mass is 10.0. The van der Waals surface area contributed by atoms with Gasteiger partial charge in [0.25, 0.3) is 0 Å². The summed E-state index contributed by atoms with van der Waals surface area (Å²) in [6.07, 6.45) is -1.48. The number of ketones is 1. The number of Topliss-reactive ketones (excluding diaryl/α,β-unsaturated/α-hetero) is 1. The Bertz CT molecular complexity index is 478. The van der Waals surface area contributed by atoms with Gasteiger partial charge in [-0.2, -0.15) is 0 Å². The van der Waals surface area contributed by atoms with E-state index in [2.05, 4.69) is 6.58 Å². The van der Waals surface area contributed by atoms with Gasteiger partial charge in [0, 0.05) is 11.1 Å². The topological polar surface area (TPSA) is 66.8 Å². The molecule has 0 amide bonds. The van der Waals surface area contributed by atoms with Crippen molar-refractivity contribution in [1.82, 2.24) is 0 Å². The van der Waals surface area contributed by atoms with Gasteiger partial charge >= 0.3 is 0 Å². The van der Waals surface area contributed by atoms with E-state index in [0.29, 0.717) is 22.4 Å². The van der Waals surface area contributed by atoms with Crippen molar-refractivity contribution in [2.75, 3.05) is 6.61 Å². The Morgan fingerprint density at radius 1 is 1.53 bits per heavy atom. The Morgan fingerprint density at radius 3 is 2.82 bits per heavy atom. The molecule has 0 aliphatic carbocycles. The molecule has 2 rings (SSSR count). The zero-order valence-electron chi connectivity index (χ0n) is 9.51. The number of benzene rings is 1. The van der Waals surface area contributed by atoms with Crippen molar-refractivity contribution < 1.29 is 19.7 Å². The van der Waals surface area contributed by atoms with Crippen molar-refractivity contribution in [3.63, 3.8) is 0 Å². The van der Waals surface area contributed by atoms with Crippen LogP contribution in [0.15, 0.2) is 30.4 Å². The van der Waals surface area contributed by atoms with E-state index in [1.807, 2.05) is 0 Å². The van der Waals surface area contributed by atoms with Crippen LogP contribution in [0, 0.1) is 0 Å². The van der Waals surface area contributed by atoms with Crippen LogP contribution in [0.2, 0.25) is 0 Å². The second-order valence-electron chi connectivity index (χ2n) is 4.11. The number of aliphatic hydroxyl groups is 2. The first-order chi connectivity index (χ1) is 8.04. The Balaban J connectivity index is 2.34. The van der Waals surface area contributed by atoms with E-state index in [-0.39, 0.29) is 12.4 Å². The Labute approximate surface area is 99.2 Å². The van der Waals surface area contributed by atoms with Gasteiger partial charge in [-0.05, 0) is 18.6 Å². The quantitative estimate of drug-likeness (QED) is 0.610. The van der Waals surface area contributed by atoms with Gasteiger partial charge in [0.1, 0.15) is 11.9 Å². The molecule has 1 aliphatic rings. The molecule has 1 heterocycles. The normalized spacial score (nSPS) is 21.8. The van der Waals surface area contributed by atoms with Gasteiger partial charge < -0.3 is 14.9 Å². The first kappa shape index (κ1) is 11.8. The summed E-state index contributed by atoms with van der Waals surface area (Å²) in [7, 11) is 0. The molecule has 0 saturated heterocycles. The molecule has 2 atom stereocenters. The van der Waals surface area contributed by atoms with Crippen LogP contribution in [-0.2, 0) is 0 Å². The summed E-state index contributed by atoms with van der Waals surface area (Å²) in [5.41, 5.74) is 1.57. The van der Waals surface area contributed by atoms with Gasteiger partial charge in [-0.1, -0.05) is 18.7 Å². The number of ether oxygens (including phenoxy) is 1. The molecule has 0 fully saturated rings. The van der Waals surface area contributed by atoms with Crippen LogP contribution in [0.4, 0.5) is 0 Å². The van der Waals surface area contributed by atoms with Crippen molar-refractivity contribution >= 4 is 5.78 Å². The van der Waals surface area contributed by atoms with Crippen molar-refractivity contribution in [3.8, 4) is 5.75 Å². The van der Waals surface area contributed by atoms with Crippen molar-refractivity contribution in [2.24, 2.45) is 0 Å². The van der Waals surface area contributed by atoms with Crippen LogP contribution in [0.5, 0.6) is 5.75 Å². The molecule has 0 saturated carbocycles. The highest BCUT2D eigenvalue weighted by atomic mass is 16.5. The molecule has 1 aromatic rings. The maximum Gasteiger partial charge on any atom is 0.159 e. The number of aliphatic hydroxyl groups excluding tert-OH is 2. The summed E-state index contributed by atoms with van der Waals surface area (Å²) in [4.78, 5) is 11.2. The second-order valence-corrected chi connectivity index (χ2v) is 4.11. The average molecular weight is 234 g/mol. The summed E-state index contributed by atoms with van der Waals surface area (Å²) in [5, 5.41) is 19.0. The smallest absolute Gasteiger partial charge is 0.159 e. The zero-order chi connectivity index (χ0) is 12.6. The van der Waals surface area contributed by atoms with Gasteiger partial charge in [0.2, 0.25) is 0 Å². The third-order valence-corrected chi connectivity index (χ3v) is 2.88. The number of rotatable bonds is 3. The lowest BCUT2D eigenvalue weighted by molar-refractivity contribution is 0.0825. The number of hydrogen-bond donors (Lipinski definition) is 2. The van der Waals surface area contributed by atoms with Crippen LogP contribution in [-0.4, -0.2) is 28.7 Å². The van der Waals surface area contributed by atoms with Gasteiger partial charge in [-0.3, -0.25) is 4.79 Å². The Morgan fingerprint density at radius 2 is 2.24 bits per heavy atom. The molecule has 4 heteroatoms. The highest BCUT2D eigenvalue weighted by Gasteiger charge is 2.34. The van der Waals surface area contributed by atoms with Gasteiger partial charge in [0.15, 0.2) is 11.9 Å². The first-order valence-electron chi connectivity index (χ1n) is 5.32. The molecule has 0 spiro atoms. The SMILES string of the molecule is C=C(CO)C1Oc2cc(C(C)=O)ccc2C1O. The molecular weight excluding hydrogens is 220 g/mol. The lowest BCUT2D eigenvalue weighted by Crippen LogP contribution is -2.22. The minimum atomic E-state index is -0.842. The summed E-state index contributed by atoms with van der Waals surface area (Å²) in [6, 6.07) is 4.92. The Hall–Kier alpha value is -1.65. The minimum absolute atomic E-state index is 0.0599. The van der Waals surface area contributed by atoms with Gasteiger partial charge in [-0.25, -0.2) is 0 Å². The predicted octanol–water partition coefficient (Wildman–Crippen LogP) is 1.23. The van der Waals surface area contributed by atoms with Crippen molar-refractivity contribution in [2.45, 2.75) is 19.1 Å². The maximum absolute atomic E-state index is 11.2. The molecule has 17 heavy (non-hydrogen) atoms. The molecule has 1 aliphatic heterocycles.